The van der Waals surface area contributed by atoms with Crippen LogP contribution in [-0.4, -0.2) is 27.6 Å². The molecule has 33 heavy (non-hydrogen) atoms. The standard InChI is InChI=1S/C25H19ClO7/c1-10-21(30)20-23(33-17-9-15(29)18(11(2)27)24(31)25(17,20)3)19-14(28)8-16(32-22(10)19)12-4-6-13(26)7-5-12/h4-7,9,16,29-30H,8H2,1-3H3/t16?,25-/m0/s1. The lowest BCUT2D eigenvalue weighted by Crippen LogP contribution is -2.38. The number of hydrogen-bond acceptors (Lipinski definition) is 7. The first-order chi connectivity index (χ1) is 15.6. The van der Waals surface area contributed by atoms with Crippen LogP contribution in [0.3, 0.4) is 0 Å². The Bertz CT molecular complexity index is 1350. The lowest BCUT2D eigenvalue weighted by Gasteiger charge is -2.30. The summed E-state index contributed by atoms with van der Waals surface area (Å²) in [6.45, 7) is 4.26. The summed E-state index contributed by atoms with van der Waals surface area (Å²) in [5, 5.41) is 22.0. The normalized spacial score (nSPS) is 23.3. The number of aliphatic hydroxyl groups is 1. The molecule has 0 spiro atoms. The number of aromatic hydroxyl groups is 1. The fraction of sp³-hybridized carbons (Fsp3) is 0.240. The van der Waals surface area contributed by atoms with Gasteiger partial charge >= 0.3 is 0 Å². The first kappa shape index (κ1) is 21.3. The number of rotatable bonds is 2. The van der Waals surface area contributed by atoms with Crippen LogP contribution in [0, 0.1) is 6.92 Å². The highest BCUT2D eigenvalue weighted by Crippen LogP contribution is 2.59. The molecule has 2 heterocycles. The number of ketones is 3. The van der Waals surface area contributed by atoms with Gasteiger partial charge in [0.1, 0.15) is 51.4 Å². The summed E-state index contributed by atoms with van der Waals surface area (Å²) >= 11 is 5.96. The lowest BCUT2D eigenvalue weighted by atomic mass is 9.70. The van der Waals surface area contributed by atoms with Crippen LogP contribution < -0.4 is 9.47 Å². The minimum atomic E-state index is -1.57. The number of allylic oxidation sites excluding steroid dienone is 3. The van der Waals surface area contributed by atoms with Crippen LogP contribution in [0.1, 0.15) is 53.4 Å². The van der Waals surface area contributed by atoms with Crippen molar-refractivity contribution in [3.8, 4) is 17.2 Å². The number of hydrogen-bond donors (Lipinski definition) is 2. The monoisotopic (exact) mass is 466 g/mol. The molecule has 168 valence electrons. The molecule has 2 aromatic rings. The Balaban J connectivity index is 1.69. The van der Waals surface area contributed by atoms with Crippen molar-refractivity contribution in [3.05, 3.63) is 74.7 Å². The van der Waals surface area contributed by atoms with E-state index in [2.05, 4.69) is 0 Å². The van der Waals surface area contributed by atoms with Crippen molar-refractivity contribution in [2.45, 2.75) is 38.7 Å². The molecule has 2 aliphatic heterocycles. The summed E-state index contributed by atoms with van der Waals surface area (Å²) in [4.78, 5) is 38.7. The van der Waals surface area contributed by atoms with E-state index in [1.807, 2.05) is 0 Å². The lowest BCUT2D eigenvalue weighted by molar-refractivity contribution is -0.123. The smallest absolute Gasteiger partial charge is 0.188 e. The van der Waals surface area contributed by atoms with Crippen molar-refractivity contribution in [1.82, 2.24) is 0 Å². The molecule has 1 aliphatic carbocycles. The van der Waals surface area contributed by atoms with Gasteiger partial charge in [0.05, 0.1) is 12.0 Å². The fourth-order valence-corrected chi connectivity index (χ4v) is 4.87. The highest BCUT2D eigenvalue weighted by atomic mass is 35.5. The zero-order chi connectivity index (χ0) is 23.8. The van der Waals surface area contributed by atoms with E-state index in [1.165, 1.54) is 19.9 Å². The zero-order valence-electron chi connectivity index (χ0n) is 18.0. The van der Waals surface area contributed by atoms with Gasteiger partial charge in [-0.3, -0.25) is 14.4 Å². The Kier molecular flexibility index (Phi) is 4.49. The number of phenolic OH excluding ortho intramolecular Hbond substituents is 1. The molecule has 0 saturated heterocycles. The summed E-state index contributed by atoms with van der Waals surface area (Å²) in [6, 6.07) is 6.93. The van der Waals surface area contributed by atoms with Crippen LogP contribution in [0.15, 0.2) is 47.4 Å². The molecule has 8 heteroatoms. The Morgan fingerprint density at radius 3 is 2.45 bits per heavy atom. The van der Waals surface area contributed by atoms with Gasteiger partial charge in [-0.1, -0.05) is 23.7 Å². The molecule has 0 aromatic heterocycles. The van der Waals surface area contributed by atoms with Crippen molar-refractivity contribution in [2.24, 2.45) is 0 Å². The highest BCUT2D eigenvalue weighted by Gasteiger charge is 2.56. The Labute approximate surface area is 193 Å². The summed E-state index contributed by atoms with van der Waals surface area (Å²) in [7, 11) is 0. The van der Waals surface area contributed by atoms with E-state index >= 15 is 0 Å². The van der Waals surface area contributed by atoms with E-state index in [-0.39, 0.29) is 57.5 Å². The van der Waals surface area contributed by atoms with Gasteiger partial charge in [-0.05, 0) is 38.5 Å². The van der Waals surface area contributed by atoms with Crippen molar-refractivity contribution >= 4 is 29.0 Å². The Morgan fingerprint density at radius 2 is 1.82 bits per heavy atom. The van der Waals surface area contributed by atoms with E-state index in [0.717, 1.165) is 5.56 Å². The molecular formula is C25H19ClO7. The second-order valence-corrected chi connectivity index (χ2v) is 8.98. The highest BCUT2D eigenvalue weighted by molar-refractivity contribution is 6.30. The van der Waals surface area contributed by atoms with Crippen LogP contribution >= 0.6 is 11.6 Å². The van der Waals surface area contributed by atoms with Crippen molar-refractivity contribution in [2.75, 3.05) is 0 Å². The molecule has 0 saturated carbocycles. The van der Waals surface area contributed by atoms with Crippen LogP contribution in [-0.2, 0) is 15.0 Å². The Morgan fingerprint density at radius 1 is 1.15 bits per heavy atom. The SMILES string of the molecule is CC(=O)C1=C(O)C=C2Oc3c4c(c(C)c(O)c3[C@@]2(C)C1=O)OC(c1ccc(Cl)cc1)CC4=O. The van der Waals surface area contributed by atoms with Gasteiger partial charge in [0.25, 0.3) is 0 Å². The van der Waals surface area contributed by atoms with Gasteiger partial charge in [0.15, 0.2) is 17.3 Å². The van der Waals surface area contributed by atoms with E-state index in [9.17, 15) is 24.6 Å². The molecule has 2 N–H and O–H groups in total. The van der Waals surface area contributed by atoms with Crippen LogP contribution in [0.2, 0.25) is 5.02 Å². The number of Topliss-reactive ketones (excluding diaryl/α,β-unsaturated/α-hetero) is 3. The average Bonchev–Trinajstić information content (AvgIpc) is 3.05. The first-order valence-corrected chi connectivity index (χ1v) is 10.7. The van der Waals surface area contributed by atoms with Gasteiger partial charge < -0.3 is 19.7 Å². The third kappa shape index (κ3) is 2.78. The minimum absolute atomic E-state index is 0.00681. The van der Waals surface area contributed by atoms with Gasteiger partial charge in [0.2, 0.25) is 0 Å². The number of phenols is 1. The maximum absolute atomic E-state index is 13.3. The first-order valence-electron chi connectivity index (χ1n) is 10.3. The molecule has 0 amide bonds. The molecule has 1 unspecified atom stereocenters. The molecule has 3 aliphatic rings. The van der Waals surface area contributed by atoms with Crippen molar-refractivity contribution in [1.29, 1.82) is 0 Å². The number of fused-ring (bicyclic) bond motifs is 5. The number of aliphatic hydroxyl groups excluding tert-OH is 1. The van der Waals surface area contributed by atoms with Crippen LogP contribution in [0.25, 0.3) is 0 Å². The van der Waals surface area contributed by atoms with Crippen molar-refractivity contribution < 1.29 is 34.1 Å². The van der Waals surface area contributed by atoms with Gasteiger partial charge in [-0.15, -0.1) is 0 Å². The molecular weight excluding hydrogens is 448 g/mol. The summed E-state index contributed by atoms with van der Waals surface area (Å²) in [6.07, 6.45) is 0.610. The average molecular weight is 467 g/mol. The zero-order valence-corrected chi connectivity index (χ0v) is 18.7. The predicted molar refractivity (Wildman–Crippen MR) is 118 cm³/mol. The quantitative estimate of drug-likeness (QED) is 0.623. The number of halogens is 1. The molecule has 0 radical (unpaired) electrons. The van der Waals surface area contributed by atoms with Gasteiger partial charge in [0, 0.05) is 16.7 Å². The molecule has 0 fully saturated rings. The fourth-order valence-electron chi connectivity index (χ4n) is 4.74. The van der Waals surface area contributed by atoms with Gasteiger partial charge in [-0.2, -0.15) is 0 Å². The van der Waals surface area contributed by atoms with E-state index < -0.39 is 28.8 Å². The molecule has 7 nitrogen and oxygen atoms in total. The van der Waals surface area contributed by atoms with Crippen LogP contribution in [0.5, 0.6) is 17.2 Å². The summed E-state index contributed by atoms with van der Waals surface area (Å²) in [5.41, 5.74) is -0.713. The minimum Gasteiger partial charge on any atom is -0.507 e. The van der Waals surface area contributed by atoms with Crippen LogP contribution in [0.4, 0.5) is 0 Å². The third-order valence-electron chi connectivity index (χ3n) is 6.53. The maximum Gasteiger partial charge on any atom is 0.188 e. The third-order valence-corrected chi connectivity index (χ3v) is 6.78. The van der Waals surface area contributed by atoms with E-state index in [1.54, 1.807) is 31.2 Å². The molecule has 2 atom stereocenters. The predicted octanol–water partition coefficient (Wildman–Crippen LogP) is 4.58. The molecule has 5 rings (SSSR count). The number of carbonyl (C=O) groups excluding carboxylic acids is 3. The topological polar surface area (TPSA) is 110 Å². The largest absolute Gasteiger partial charge is 0.507 e. The molecule has 0 bridgehead atoms. The van der Waals surface area contributed by atoms with Crippen molar-refractivity contribution in [3.63, 3.8) is 0 Å². The second-order valence-electron chi connectivity index (χ2n) is 8.55. The number of benzene rings is 2. The number of ether oxygens (including phenoxy) is 2. The van der Waals surface area contributed by atoms with E-state index in [4.69, 9.17) is 21.1 Å². The Hall–Kier alpha value is -3.58. The summed E-state index contributed by atoms with van der Waals surface area (Å²) < 4.78 is 12.0. The van der Waals surface area contributed by atoms with E-state index in [0.29, 0.717) is 5.02 Å². The maximum atomic E-state index is 13.3. The second kappa shape index (κ2) is 6.96. The molecule has 2 aromatic carbocycles. The summed E-state index contributed by atoms with van der Waals surface area (Å²) in [5.74, 6) is -2.17. The van der Waals surface area contributed by atoms with Gasteiger partial charge in [-0.25, -0.2) is 0 Å². The number of carbonyl (C=O) groups is 3.